The largest absolute Gasteiger partial charge is 0.450 e. The standard InChI is InChI=1S/C23H37N5O2/c1-3-24-22(26-21-11-16-28(17-12-21)23(29)30-4-2)25-13-7-14-27-15-10-19-8-5-6-9-20(19)18-27/h5-6,8-9,21H,3-4,7,10-18H2,1-2H3,(H2,24,25,26). The molecule has 2 N–H and O–H groups in total. The van der Waals surface area contributed by atoms with Crippen LogP contribution in [0.4, 0.5) is 4.79 Å². The Labute approximate surface area is 180 Å². The molecule has 1 aromatic carbocycles. The zero-order chi connectivity index (χ0) is 21.2. The highest BCUT2D eigenvalue weighted by Gasteiger charge is 2.24. The highest BCUT2D eigenvalue weighted by molar-refractivity contribution is 5.80. The molecule has 0 spiro atoms. The molecule has 0 aromatic heterocycles. The van der Waals surface area contributed by atoms with Crippen LogP contribution >= 0.6 is 0 Å². The van der Waals surface area contributed by atoms with Crippen LogP contribution in [0.5, 0.6) is 0 Å². The number of fused-ring (bicyclic) bond motifs is 1. The van der Waals surface area contributed by atoms with Gasteiger partial charge in [0.25, 0.3) is 0 Å². The molecule has 7 nitrogen and oxygen atoms in total. The number of piperidine rings is 1. The SMILES string of the molecule is CCNC(=NCCCN1CCc2ccccc2C1)NC1CCN(C(=O)OCC)CC1. The molecule has 30 heavy (non-hydrogen) atoms. The maximum absolute atomic E-state index is 11.8. The van der Waals surface area contributed by atoms with E-state index in [4.69, 9.17) is 9.73 Å². The van der Waals surface area contributed by atoms with Gasteiger partial charge >= 0.3 is 6.09 Å². The van der Waals surface area contributed by atoms with Crippen molar-refractivity contribution in [1.29, 1.82) is 0 Å². The number of aliphatic imine (C=N–C) groups is 1. The predicted octanol–water partition coefficient (Wildman–Crippen LogP) is 2.61. The topological polar surface area (TPSA) is 69.2 Å². The molecule has 1 fully saturated rings. The van der Waals surface area contributed by atoms with Crippen LogP contribution in [0.15, 0.2) is 29.3 Å². The first-order valence-electron chi connectivity index (χ1n) is 11.4. The Kier molecular flexibility index (Phi) is 8.81. The lowest BCUT2D eigenvalue weighted by molar-refractivity contribution is 0.0963. The number of hydrogen-bond donors (Lipinski definition) is 2. The zero-order valence-corrected chi connectivity index (χ0v) is 18.5. The molecule has 0 aliphatic carbocycles. The molecule has 7 heteroatoms. The Balaban J connectivity index is 1.39. The molecule has 1 amide bonds. The van der Waals surface area contributed by atoms with Crippen LogP contribution < -0.4 is 10.6 Å². The highest BCUT2D eigenvalue weighted by atomic mass is 16.6. The fraction of sp³-hybridized carbons (Fsp3) is 0.652. The number of rotatable bonds is 7. The van der Waals surface area contributed by atoms with Gasteiger partial charge in [-0.15, -0.1) is 0 Å². The molecule has 1 saturated heterocycles. The first-order valence-corrected chi connectivity index (χ1v) is 11.4. The van der Waals surface area contributed by atoms with Crippen molar-refractivity contribution in [3.63, 3.8) is 0 Å². The lowest BCUT2D eigenvalue weighted by Crippen LogP contribution is -2.50. The van der Waals surface area contributed by atoms with Gasteiger partial charge in [0.2, 0.25) is 0 Å². The third kappa shape index (κ3) is 6.62. The van der Waals surface area contributed by atoms with E-state index in [2.05, 4.69) is 46.7 Å². The molecule has 166 valence electrons. The number of amides is 1. The van der Waals surface area contributed by atoms with Crippen molar-refractivity contribution >= 4 is 12.1 Å². The van der Waals surface area contributed by atoms with E-state index < -0.39 is 0 Å². The Hall–Kier alpha value is -2.28. The minimum Gasteiger partial charge on any atom is -0.450 e. The minimum atomic E-state index is -0.197. The van der Waals surface area contributed by atoms with Gasteiger partial charge in [-0.2, -0.15) is 0 Å². The van der Waals surface area contributed by atoms with E-state index in [1.807, 2.05) is 6.92 Å². The van der Waals surface area contributed by atoms with E-state index in [1.54, 1.807) is 4.90 Å². The van der Waals surface area contributed by atoms with Gasteiger partial charge < -0.3 is 20.3 Å². The maximum Gasteiger partial charge on any atom is 0.409 e. The van der Waals surface area contributed by atoms with Gasteiger partial charge in [-0.1, -0.05) is 24.3 Å². The molecule has 0 bridgehead atoms. The van der Waals surface area contributed by atoms with Crippen LogP contribution in [0, 0.1) is 0 Å². The van der Waals surface area contributed by atoms with Gasteiger partial charge in [-0.3, -0.25) is 9.89 Å². The zero-order valence-electron chi connectivity index (χ0n) is 18.5. The molecule has 2 heterocycles. The third-order valence-corrected chi connectivity index (χ3v) is 5.82. The van der Waals surface area contributed by atoms with Crippen molar-refractivity contribution in [2.24, 2.45) is 4.99 Å². The maximum atomic E-state index is 11.8. The number of benzene rings is 1. The van der Waals surface area contributed by atoms with E-state index in [1.165, 1.54) is 11.1 Å². The lowest BCUT2D eigenvalue weighted by atomic mass is 10.00. The summed E-state index contributed by atoms with van der Waals surface area (Å²) in [6, 6.07) is 9.12. The second-order valence-corrected chi connectivity index (χ2v) is 8.01. The van der Waals surface area contributed by atoms with Crippen LogP contribution in [0.25, 0.3) is 0 Å². The first-order chi connectivity index (χ1) is 14.7. The van der Waals surface area contributed by atoms with Gasteiger partial charge in [-0.25, -0.2) is 4.79 Å². The average Bonchev–Trinajstić information content (AvgIpc) is 2.77. The molecular formula is C23H37N5O2. The normalized spacial score (nSPS) is 18.1. The second kappa shape index (κ2) is 11.8. The summed E-state index contributed by atoms with van der Waals surface area (Å²) in [6.07, 6.45) is 3.83. The van der Waals surface area contributed by atoms with E-state index in [0.717, 1.165) is 77.5 Å². The summed E-state index contributed by atoms with van der Waals surface area (Å²) < 4.78 is 5.10. The second-order valence-electron chi connectivity index (χ2n) is 8.01. The van der Waals surface area contributed by atoms with Gasteiger partial charge in [0, 0.05) is 51.9 Å². The van der Waals surface area contributed by atoms with Crippen molar-refractivity contribution in [3.8, 4) is 0 Å². The number of likely N-dealkylation sites (tertiary alicyclic amines) is 1. The molecule has 0 saturated carbocycles. The van der Waals surface area contributed by atoms with Crippen molar-refractivity contribution in [2.45, 2.75) is 52.1 Å². The van der Waals surface area contributed by atoms with Crippen LogP contribution in [-0.4, -0.2) is 73.8 Å². The molecular weight excluding hydrogens is 378 g/mol. The minimum absolute atomic E-state index is 0.197. The number of carbonyl (C=O) groups excluding carboxylic acids is 1. The van der Waals surface area contributed by atoms with Crippen LogP contribution in [0.1, 0.15) is 44.2 Å². The summed E-state index contributed by atoms with van der Waals surface area (Å²) in [5.74, 6) is 0.885. The van der Waals surface area contributed by atoms with Crippen LogP contribution in [0.2, 0.25) is 0 Å². The van der Waals surface area contributed by atoms with E-state index in [0.29, 0.717) is 12.6 Å². The van der Waals surface area contributed by atoms with Gasteiger partial charge in [0.05, 0.1) is 6.61 Å². The van der Waals surface area contributed by atoms with E-state index in [9.17, 15) is 4.79 Å². The lowest BCUT2D eigenvalue weighted by Gasteiger charge is -2.32. The summed E-state index contributed by atoms with van der Waals surface area (Å²) in [5.41, 5.74) is 2.97. The summed E-state index contributed by atoms with van der Waals surface area (Å²) in [4.78, 5) is 21.0. The number of hydrogen-bond acceptors (Lipinski definition) is 4. The number of guanidine groups is 1. The smallest absolute Gasteiger partial charge is 0.409 e. The van der Waals surface area contributed by atoms with Crippen molar-refractivity contribution < 1.29 is 9.53 Å². The highest BCUT2D eigenvalue weighted by Crippen LogP contribution is 2.18. The van der Waals surface area contributed by atoms with Gasteiger partial charge in [0.15, 0.2) is 5.96 Å². The average molecular weight is 416 g/mol. The first kappa shape index (κ1) is 22.4. The summed E-state index contributed by atoms with van der Waals surface area (Å²) in [7, 11) is 0. The monoisotopic (exact) mass is 415 g/mol. The van der Waals surface area contributed by atoms with Crippen molar-refractivity contribution in [2.75, 3.05) is 45.9 Å². The summed E-state index contributed by atoms with van der Waals surface area (Å²) in [5, 5.41) is 6.90. The summed E-state index contributed by atoms with van der Waals surface area (Å²) in [6.45, 7) is 10.7. The summed E-state index contributed by atoms with van der Waals surface area (Å²) >= 11 is 0. The van der Waals surface area contributed by atoms with Crippen molar-refractivity contribution in [3.05, 3.63) is 35.4 Å². The Morgan fingerprint density at radius 1 is 1.17 bits per heavy atom. The number of carbonyl (C=O) groups is 1. The van der Waals surface area contributed by atoms with E-state index in [-0.39, 0.29) is 6.09 Å². The number of ether oxygens (including phenoxy) is 1. The number of nitrogens with zero attached hydrogens (tertiary/aromatic N) is 3. The fourth-order valence-corrected chi connectivity index (χ4v) is 4.16. The Morgan fingerprint density at radius 2 is 1.93 bits per heavy atom. The quantitative estimate of drug-likeness (QED) is 0.407. The van der Waals surface area contributed by atoms with E-state index >= 15 is 0 Å². The predicted molar refractivity (Wildman–Crippen MR) is 121 cm³/mol. The molecule has 1 aromatic rings. The molecule has 0 unspecified atom stereocenters. The van der Waals surface area contributed by atoms with Crippen LogP contribution in [-0.2, 0) is 17.7 Å². The van der Waals surface area contributed by atoms with Crippen LogP contribution in [0.3, 0.4) is 0 Å². The molecule has 2 aliphatic heterocycles. The van der Waals surface area contributed by atoms with Gasteiger partial charge in [-0.05, 0) is 50.7 Å². The Bertz CT molecular complexity index is 701. The fourth-order valence-electron chi connectivity index (χ4n) is 4.16. The molecule has 0 atom stereocenters. The number of nitrogens with one attached hydrogen (secondary N) is 2. The molecule has 0 radical (unpaired) electrons. The van der Waals surface area contributed by atoms with Gasteiger partial charge in [0.1, 0.15) is 0 Å². The third-order valence-electron chi connectivity index (χ3n) is 5.82. The molecule has 2 aliphatic rings. The van der Waals surface area contributed by atoms with Crippen molar-refractivity contribution in [1.82, 2.24) is 20.4 Å². The molecule has 3 rings (SSSR count). The Morgan fingerprint density at radius 3 is 2.67 bits per heavy atom.